The van der Waals surface area contributed by atoms with Crippen LogP contribution >= 0.6 is 0 Å². The van der Waals surface area contributed by atoms with Gasteiger partial charge in [0.2, 0.25) is 0 Å². The van der Waals surface area contributed by atoms with Gasteiger partial charge in [-0.1, -0.05) is 88.6 Å². The van der Waals surface area contributed by atoms with Crippen LogP contribution in [-0.2, 0) is 4.79 Å². The third-order valence-corrected chi connectivity index (χ3v) is 6.72. The number of ether oxygens (including phenoxy) is 1. The molecule has 3 rings (SSSR count). The molecule has 0 aliphatic rings. The normalized spacial score (nSPS) is 12.1. The van der Waals surface area contributed by atoms with Crippen molar-refractivity contribution in [2.75, 3.05) is 5.73 Å². The number of allylic oxidation sites excluding steroid dienone is 3. The highest BCUT2D eigenvalue weighted by molar-refractivity contribution is 5.86. The maximum absolute atomic E-state index is 9.69. The lowest BCUT2D eigenvalue weighted by molar-refractivity contribution is -0.112. The highest BCUT2D eigenvalue weighted by Crippen LogP contribution is 2.34. The third kappa shape index (κ3) is 12.9. The maximum Gasteiger partial charge on any atom is 0.152 e. The molecule has 216 valence electrons. The second-order valence-corrected chi connectivity index (χ2v) is 10.1. The maximum atomic E-state index is 9.69. The predicted molar refractivity (Wildman–Crippen MR) is 170 cm³/mol. The van der Waals surface area contributed by atoms with E-state index in [1.165, 1.54) is 56.2 Å². The number of nitrogen functional groups attached to an aromatic ring is 1. The van der Waals surface area contributed by atoms with E-state index < -0.39 is 0 Å². The van der Waals surface area contributed by atoms with Crippen LogP contribution in [0.1, 0.15) is 83.5 Å². The second-order valence-electron chi connectivity index (χ2n) is 10.1. The number of carbonyl (C=O) groups is 1. The van der Waals surface area contributed by atoms with Gasteiger partial charge in [-0.25, -0.2) is 9.97 Å². The molecule has 0 amide bonds. The first-order chi connectivity index (χ1) is 19.2. The standard InChI is InChI=1S/C18H31N3.C13H12O.C4H6O/c1-6-9-10-15(11-13(4)7-2)16(8-3)17-14(5)18(19)21-12-20-17;1-11-7-9-13(10-8-11)14-12-5-3-2-4-6-12;1-3-4(2)5/h8,12-13,15H,6-7,9-11H2,1-5H3,(H2,19,20,21);2-10H,1H3;3H,1H2,2H3/b16-8-;;. The van der Waals surface area contributed by atoms with Gasteiger partial charge in [-0.15, -0.1) is 0 Å². The van der Waals surface area contributed by atoms with Gasteiger partial charge in [-0.2, -0.15) is 0 Å². The SMILES string of the molecule is C/C=C(\c1ncnc(N)c1C)C(CCCC)CC(C)CC.C=CC(C)=O.Cc1ccc(Oc2ccccc2)cc1. The summed E-state index contributed by atoms with van der Waals surface area (Å²) in [4.78, 5) is 18.3. The Bertz CT molecular complexity index is 1170. The highest BCUT2D eigenvalue weighted by Gasteiger charge is 2.20. The van der Waals surface area contributed by atoms with Gasteiger partial charge < -0.3 is 10.5 Å². The number of hydrogen-bond acceptors (Lipinski definition) is 5. The molecule has 0 radical (unpaired) electrons. The second kappa shape index (κ2) is 19.3. The molecule has 5 heteroatoms. The van der Waals surface area contributed by atoms with Gasteiger partial charge in [-0.3, -0.25) is 4.79 Å². The van der Waals surface area contributed by atoms with E-state index in [2.05, 4.69) is 57.2 Å². The molecule has 2 aromatic carbocycles. The van der Waals surface area contributed by atoms with Crippen molar-refractivity contribution in [3.05, 3.63) is 96.5 Å². The van der Waals surface area contributed by atoms with Crippen molar-refractivity contribution in [3.8, 4) is 11.5 Å². The number of nitrogens with zero attached hydrogens (tertiary/aromatic N) is 2. The number of hydrogen-bond donors (Lipinski definition) is 1. The van der Waals surface area contributed by atoms with E-state index in [9.17, 15) is 4.79 Å². The summed E-state index contributed by atoms with van der Waals surface area (Å²) < 4.78 is 5.63. The number of nitrogens with two attached hydrogens (primary N) is 1. The molecule has 1 heterocycles. The molecule has 2 N–H and O–H groups in total. The van der Waals surface area contributed by atoms with Gasteiger partial charge >= 0.3 is 0 Å². The number of anilines is 1. The average molecular weight is 544 g/mol. The van der Waals surface area contributed by atoms with Crippen LogP contribution in [-0.4, -0.2) is 15.8 Å². The Hall–Kier alpha value is -3.73. The first kappa shape index (κ1) is 34.3. The van der Waals surface area contributed by atoms with Crippen LogP contribution < -0.4 is 10.5 Å². The molecular formula is C35H49N3O2. The Balaban J connectivity index is 0.000000359. The number of aromatic nitrogens is 2. The molecule has 40 heavy (non-hydrogen) atoms. The number of ketones is 1. The molecule has 1 aromatic heterocycles. The fraction of sp³-hybridized carbons (Fsp3) is 0.400. The zero-order chi connectivity index (χ0) is 29.9. The molecule has 2 atom stereocenters. The summed E-state index contributed by atoms with van der Waals surface area (Å²) in [6.07, 6.45) is 11.3. The number of para-hydroxylation sites is 1. The Labute approximate surface area is 242 Å². The summed E-state index contributed by atoms with van der Waals surface area (Å²) >= 11 is 0. The smallest absolute Gasteiger partial charge is 0.152 e. The van der Waals surface area contributed by atoms with Crippen molar-refractivity contribution in [1.82, 2.24) is 9.97 Å². The first-order valence-corrected chi connectivity index (χ1v) is 14.3. The van der Waals surface area contributed by atoms with Gasteiger partial charge in [0.15, 0.2) is 5.78 Å². The minimum atomic E-state index is 0.0185. The van der Waals surface area contributed by atoms with Crippen molar-refractivity contribution in [1.29, 1.82) is 0 Å². The fourth-order valence-corrected chi connectivity index (χ4v) is 4.05. The molecular weight excluding hydrogens is 494 g/mol. The minimum absolute atomic E-state index is 0.0185. The lowest BCUT2D eigenvalue weighted by Crippen LogP contribution is -2.12. The fourth-order valence-electron chi connectivity index (χ4n) is 4.05. The number of benzene rings is 2. The van der Waals surface area contributed by atoms with E-state index in [1.54, 1.807) is 6.33 Å². The van der Waals surface area contributed by atoms with Crippen LogP contribution in [0.25, 0.3) is 5.57 Å². The Morgan fingerprint density at radius 2 is 1.62 bits per heavy atom. The van der Waals surface area contributed by atoms with E-state index >= 15 is 0 Å². The Morgan fingerprint density at radius 1 is 1.02 bits per heavy atom. The van der Waals surface area contributed by atoms with Gasteiger partial charge in [0.1, 0.15) is 23.6 Å². The molecule has 0 spiro atoms. The number of carbonyl (C=O) groups excluding carboxylic acids is 1. The van der Waals surface area contributed by atoms with Crippen molar-refractivity contribution in [2.45, 2.75) is 80.6 Å². The molecule has 0 fully saturated rings. The van der Waals surface area contributed by atoms with Crippen molar-refractivity contribution < 1.29 is 9.53 Å². The molecule has 3 aromatic rings. The molecule has 0 saturated heterocycles. The topological polar surface area (TPSA) is 78.1 Å². The summed E-state index contributed by atoms with van der Waals surface area (Å²) in [7, 11) is 0. The average Bonchev–Trinajstić information content (AvgIpc) is 2.96. The highest BCUT2D eigenvalue weighted by atomic mass is 16.5. The number of unbranched alkanes of at least 4 members (excludes halogenated alkanes) is 1. The summed E-state index contributed by atoms with van der Waals surface area (Å²) in [5.74, 6) is 3.67. The molecule has 2 unspecified atom stereocenters. The van der Waals surface area contributed by atoms with Crippen molar-refractivity contribution >= 4 is 17.2 Å². The summed E-state index contributed by atoms with van der Waals surface area (Å²) in [6, 6.07) is 17.8. The zero-order valence-electron chi connectivity index (χ0n) is 25.6. The van der Waals surface area contributed by atoms with Gasteiger partial charge in [0.25, 0.3) is 0 Å². The molecule has 0 aliphatic heterocycles. The summed E-state index contributed by atoms with van der Waals surface area (Å²) in [5, 5.41) is 0. The summed E-state index contributed by atoms with van der Waals surface area (Å²) in [6.45, 7) is 17.7. The van der Waals surface area contributed by atoms with Crippen LogP contribution in [0, 0.1) is 25.7 Å². The molecule has 0 aliphatic carbocycles. The Kier molecular flexibility index (Phi) is 16.6. The monoisotopic (exact) mass is 543 g/mol. The van der Waals surface area contributed by atoms with E-state index in [0.717, 1.165) is 28.7 Å². The first-order valence-electron chi connectivity index (χ1n) is 14.3. The lowest BCUT2D eigenvalue weighted by Gasteiger charge is -2.24. The molecule has 0 bridgehead atoms. The van der Waals surface area contributed by atoms with Crippen molar-refractivity contribution in [3.63, 3.8) is 0 Å². The van der Waals surface area contributed by atoms with E-state index in [-0.39, 0.29) is 5.78 Å². The van der Waals surface area contributed by atoms with Gasteiger partial charge in [0, 0.05) is 5.56 Å². The predicted octanol–water partition coefficient (Wildman–Crippen LogP) is 9.56. The number of aryl methyl sites for hydroxylation is 1. The zero-order valence-corrected chi connectivity index (χ0v) is 25.6. The lowest BCUT2D eigenvalue weighted by atomic mass is 9.82. The van der Waals surface area contributed by atoms with E-state index in [4.69, 9.17) is 10.5 Å². The van der Waals surface area contributed by atoms with E-state index in [1.807, 2.05) is 61.5 Å². The van der Waals surface area contributed by atoms with Crippen LogP contribution in [0.4, 0.5) is 5.82 Å². The minimum Gasteiger partial charge on any atom is -0.457 e. The van der Waals surface area contributed by atoms with Crippen molar-refractivity contribution in [2.24, 2.45) is 11.8 Å². The van der Waals surface area contributed by atoms with Crippen LogP contribution in [0.3, 0.4) is 0 Å². The van der Waals surface area contributed by atoms with Gasteiger partial charge in [0.05, 0.1) is 5.69 Å². The third-order valence-electron chi connectivity index (χ3n) is 6.72. The largest absolute Gasteiger partial charge is 0.457 e. The number of rotatable bonds is 11. The molecule has 5 nitrogen and oxygen atoms in total. The van der Waals surface area contributed by atoms with Gasteiger partial charge in [-0.05, 0) is 88.3 Å². The van der Waals surface area contributed by atoms with Crippen LogP contribution in [0.15, 0.2) is 79.7 Å². The summed E-state index contributed by atoms with van der Waals surface area (Å²) in [5.41, 5.74) is 10.6. The van der Waals surface area contributed by atoms with Crippen LogP contribution in [0.5, 0.6) is 11.5 Å². The van der Waals surface area contributed by atoms with Crippen LogP contribution in [0.2, 0.25) is 0 Å². The quantitative estimate of drug-likeness (QED) is 0.244. The Morgan fingerprint density at radius 3 is 2.15 bits per heavy atom. The molecule has 0 saturated carbocycles. The van der Waals surface area contributed by atoms with E-state index in [0.29, 0.717) is 11.7 Å².